The molecule has 1 atom stereocenters. The average Bonchev–Trinajstić information content (AvgIpc) is 2.36. The third kappa shape index (κ3) is 1.30. The lowest BCUT2D eigenvalue weighted by Crippen LogP contribution is -2.03. The van der Waals surface area contributed by atoms with Gasteiger partial charge in [0.05, 0.1) is 0 Å². The Hall–Kier alpha value is -0.960. The zero-order valence-corrected chi connectivity index (χ0v) is 5.80. The molecule has 3 nitrogen and oxygen atoms in total. The summed E-state index contributed by atoms with van der Waals surface area (Å²) in [6.45, 7) is 0. The van der Waals surface area contributed by atoms with Gasteiger partial charge in [0, 0.05) is 12.4 Å². The quantitative estimate of drug-likeness (QED) is 0.641. The maximum absolute atomic E-state index is 10.3. The Morgan fingerprint density at radius 2 is 2.50 bits per heavy atom. The van der Waals surface area contributed by atoms with Crippen LogP contribution in [0, 0.1) is 0 Å². The molecule has 2 N–H and O–H groups in total. The average molecular weight is 160 g/mol. The van der Waals surface area contributed by atoms with E-state index in [-0.39, 0.29) is 0 Å². The summed E-state index contributed by atoms with van der Waals surface area (Å²) in [5, 5.41) is 7.47. The van der Waals surface area contributed by atoms with Gasteiger partial charge in [-0.25, -0.2) is 0 Å². The smallest absolute Gasteiger partial charge is 0.326 e. The first-order valence-corrected chi connectivity index (χ1v) is 3.15. The molecule has 0 saturated heterocycles. The lowest BCUT2D eigenvalue weighted by Gasteiger charge is -1.97. The number of carboxylic acid groups (broad SMARTS) is 1. The summed E-state index contributed by atoms with van der Waals surface area (Å²) in [7, 11) is 0. The van der Waals surface area contributed by atoms with Gasteiger partial charge in [-0.3, -0.25) is 4.79 Å². The molecule has 0 amide bonds. The van der Waals surface area contributed by atoms with Crippen LogP contribution in [0.2, 0.25) is 0 Å². The molecule has 0 aliphatic rings. The van der Waals surface area contributed by atoms with E-state index in [1.807, 2.05) is 0 Å². The third-order valence-electron chi connectivity index (χ3n) is 1.13. The van der Waals surface area contributed by atoms with Crippen LogP contribution in [0.4, 0.5) is 0 Å². The molecule has 0 spiro atoms. The molecule has 0 bridgehead atoms. The van der Waals surface area contributed by atoms with E-state index in [0.717, 1.165) is 0 Å². The molecular weight excluding hydrogens is 154 g/mol. The fraction of sp³-hybridized carbons (Fsp3) is 0.167. The van der Waals surface area contributed by atoms with Gasteiger partial charge in [-0.1, -0.05) is 0 Å². The summed E-state index contributed by atoms with van der Waals surface area (Å²) in [5.74, 6) is -1.03. The van der Waals surface area contributed by atoms with Crippen LogP contribution in [0.1, 0.15) is 10.9 Å². The summed E-state index contributed by atoms with van der Waals surface area (Å²) < 4.78 is 0. The number of aliphatic carboxylic acids is 1. The van der Waals surface area contributed by atoms with E-state index in [2.05, 4.69) is 4.98 Å². The predicted molar refractivity (Wildman–Crippen MR) is 37.0 cm³/mol. The van der Waals surface area contributed by atoms with Crippen LogP contribution < -0.4 is 0 Å². The number of nitrogens with one attached hydrogen (secondary N) is 1. The van der Waals surface area contributed by atoms with E-state index >= 15 is 0 Å². The van der Waals surface area contributed by atoms with Crippen molar-refractivity contribution in [3.8, 4) is 0 Å². The minimum Gasteiger partial charge on any atom is -0.480 e. The zero-order chi connectivity index (χ0) is 7.56. The molecule has 0 radical (unpaired) electrons. The topological polar surface area (TPSA) is 53.1 Å². The first-order chi connectivity index (χ1) is 4.72. The van der Waals surface area contributed by atoms with Crippen molar-refractivity contribution in [2.75, 3.05) is 0 Å². The normalized spacial score (nSPS) is 12.9. The molecule has 1 heterocycles. The molecule has 54 valence electrons. The number of carbonyl (C=O) groups is 1. The zero-order valence-electron chi connectivity index (χ0n) is 5.04. The van der Waals surface area contributed by atoms with Crippen molar-refractivity contribution >= 4 is 17.6 Å². The van der Waals surface area contributed by atoms with Crippen molar-refractivity contribution in [2.45, 2.75) is 5.38 Å². The second-order valence-electron chi connectivity index (χ2n) is 1.85. The van der Waals surface area contributed by atoms with E-state index in [1.54, 1.807) is 18.5 Å². The number of aromatic amines is 1. The van der Waals surface area contributed by atoms with Gasteiger partial charge in [-0.05, 0) is 11.6 Å². The van der Waals surface area contributed by atoms with Crippen molar-refractivity contribution in [2.24, 2.45) is 0 Å². The molecule has 1 aromatic rings. The molecule has 0 aromatic carbocycles. The summed E-state index contributed by atoms with van der Waals surface area (Å²) in [6, 6.07) is 1.63. The summed E-state index contributed by atoms with van der Waals surface area (Å²) in [5.41, 5.74) is 0.578. The Kier molecular flexibility index (Phi) is 1.97. The Morgan fingerprint density at radius 3 is 2.90 bits per heavy atom. The van der Waals surface area contributed by atoms with Crippen LogP contribution in [0.3, 0.4) is 0 Å². The van der Waals surface area contributed by atoms with Crippen molar-refractivity contribution in [3.05, 3.63) is 24.0 Å². The monoisotopic (exact) mass is 159 g/mol. The van der Waals surface area contributed by atoms with Gasteiger partial charge in [0.2, 0.25) is 0 Å². The number of aromatic nitrogens is 1. The molecule has 4 heteroatoms. The Morgan fingerprint density at radius 1 is 1.80 bits per heavy atom. The maximum atomic E-state index is 10.3. The fourth-order valence-corrected chi connectivity index (χ4v) is 0.773. The van der Waals surface area contributed by atoms with Crippen LogP contribution in [0.5, 0.6) is 0 Å². The lowest BCUT2D eigenvalue weighted by atomic mass is 10.2. The minimum absolute atomic E-state index is 0.578. The van der Waals surface area contributed by atoms with Gasteiger partial charge in [0.15, 0.2) is 5.38 Å². The van der Waals surface area contributed by atoms with Crippen molar-refractivity contribution in [3.63, 3.8) is 0 Å². The number of H-pyrrole nitrogens is 1. The molecule has 1 unspecified atom stereocenters. The van der Waals surface area contributed by atoms with Crippen LogP contribution in [0.25, 0.3) is 0 Å². The van der Waals surface area contributed by atoms with Gasteiger partial charge in [0.25, 0.3) is 0 Å². The minimum atomic E-state index is -1.03. The van der Waals surface area contributed by atoms with E-state index in [4.69, 9.17) is 16.7 Å². The van der Waals surface area contributed by atoms with Crippen LogP contribution >= 0.6 is 11.6 Å². The third-order valence-corrected chi connectivity index (χ3v) is 1.57. The Balaban J connectivity index is 2.77. The summed E-state index contributed by atoms with van der Waals surface area (Å²) in [6.07, 6.45) is 3.19. The number of hydrogen-bond acceptors (Lipinski definition) is 1. The number of alkyl halides is 1. The van der Waals surface area contributed by atoms with Crippen molar-refractivity contribution < 1.29 is 9.90 Å². The van der Waals surface area contributed by atoms with Crippen molar-refractivity contribution in [1.29, 1.82) is 0 Å². The standard InChI is InChI=1S/C6H6ClNO2/c7-5(6(9)10)4-1-2-8-3-4/h1-3,5,8H,(H,9,10). The van der Waals surface area contributed by atoms with Gasteiger partial charge in [-0.2, -0.15) is 0 Å². The van der Waals surface area contributed by atoms with Crippen molar-refractivity contribution in [1.82, 2.24) is 4.98 Å². The van der Waals surface area contributed by atoms with Crippen LogP contribution in [-0.4, -0.2) is 16.1 Å². The highest BCUT2D eigenvalue weighted by molar-refractivity contribution is 6.29. The fourth-order valence-electron chi connectivity index (χ4n) is 0.637. The van der Waals surface area contributed by atoms with Gasteiger partial charge in [0.1, 0.15) is 0 Å². The largest absolute Gasteiger partial charge is 0.480 e. The SMILES string of the molecule is O=C(O)C(Cl)c1cc[nH]c1. The van der Waals surface area contributed by atoms with Crippen LogP contribution in [0.15, 0.2) is 18.5 Å². The molecule has 10 heavy (non-hydrogen) atoms. The van der Waals surface area contributed by atoms with E-state index in [1.165, 1.54) is 0 Å². The van der Waals surface area contributed by atoms with E-state index < -0.39 is 11.3 Å². The van der Waals surface area contributed by atoms with E-state index in [9.17, 15) is 4.79 Å². The number of rotatable bonds is 2. The van der Waals surface area contributed by atoms with Crippen LogP contribution in [-0.2, 0) is 4.79 Å². The van der Waals surface area contributed by atoms with E-state index in [0.29, 0.717) is 5.56 Å². The summed E-state index contributed by atoms with van der Waals surface area (Å²) in [4.78, 5) is 13.0. The molecule has 0 fully saturated rings. The second-order valence-corrected chi connectivity index (χ2v) is 2.28. The number of carboxylic acids is 1. The molecule has 1 rings (SSSR count). The Bertz CT molecular complexity index is 220. The molecule has 1 aromatic heterocycles. The molecule has 0 saturated carbocycles. The van der Waals surface area contributed by atoms with Gasteiger partial charge < -0.3 is 10.1 Å². The Labute approximate surface area is 62.6 Å². The first-order valence-electron chi connectivity index (χ1n) is 2.71. The van der Waals surface area contributed by atoms with Gasteiger partial charge in [-0.15, -0.1) is 11.6 Å². The molecule has 0 aliphatic heterocycles. The number of halogens is 1. The first kappa shape index (κ1) is 7.15. The molecular formula is C6H6ClNO2. The second kappa shape index (κ2) is 2.75. The highest BCUT2D eigenvalue weighted by Gasteiger charge is 2.15. The predicted octanol–water partition coefficient (Wildman–Crippen LogP) is 1.38. The maximum Gasteiger partial charge on any atom is 0.326 e. The summed E-state index contributed by atoms with van der Waals surface area (Å²) >= 11 is 5.46. The lowest BCUT2D eigenvalue weighted by molar-refractivity contribution is -0.136. The molecule has 0 aliphatic carbocycles. The number of hydrogen-bond donors (Lipinski definition) is 2. The highest BCUT2D eigenvalue weighted by Crippen LogP contribution is 2.18. The van der Waals surface area contributed by atoms with Gasteiger partial charge >= 0.3 is 5.97 Å². The highest BCUT2D eigenvalue weighted by atomic mass is 35.5.